The fraction of sp³-hybridized carbons (Fsp3) is 0.382. The van der Waals surface area contributed by atoms with Crippen LogP contribution in [0.2, 0.25) is 0 Å². The summed E-state index contributed by atoms with van der Waals surface area (Å²) in [4.78, 5) is 38.5. The Morgan fingerprint density at radius 3 is 2.53 bits per heavy atom. The molecule has 6 rings (SSSR count). The third kappa shape index (κ3) is 7.25. The fourth-order valence-corrected chi connectivity index (χ4v) is 6.62. The van der Waals surface area contributed by atoms with Crippen LogP contribution < -0.4 is 5.32 Å². The number of carbonyl (C=O) groups excluding carboxylic acids is 2. The van der Waals surface area contributed by atoms with Crippen molar-refractivity contribution in [3.05, 3.63) is 88.0 Å². The molecular formula is C34H38N8O4S. The number of hydrogen-bond acceptors (Lipinski definition) is 10. The zero-order chi connectivity index (χ0) is 33.3. The largest absolute Gasteiger partial charge is 0.444 e. The zero-order valence-corrected chi connectivity index (χ0v) is 28.2. The molecule has 12 nitrogen and oxygen atoms in total. The molecule has 47 heavy (non-hydrogen) atoms. The SMILES string of the molecule is Cc1csc(C2CCCN2C(=O)c2cc(-c3cnn(C)c3)nc(-c3nnc(C(C)(Cc4ccccc4)NC(=O)OC(C)(C)C)o3)c2)n1. The average Bonchev–Trinajstić information content (AvgIpc) is 3.83. The number of aromatic nitrogens is 6. The number of amides is 2. The predicted octanol–water partition coefficient (Wildman–Crippen LogP) is 6.26. The Hall–Kier alpha value is -4.91. The van der Waals surface area contributed by atoms with E-state index >= 15 is 0 Å². The van der Waals surface area contributed by atoms with Crippen molar-refractivity contribution < 1.29 is 18.7 Å². The highest BCUT2D eigenvalue weighted by molar-refractivity contribution is 7.09. The van der Waals surface area contributed by atoms with Crippen LogP contribution in [0.3, 0.4) is 0 Å². The van der Waals surface area contributed by atoms with Gasteiger partial charge in [-0.2, -0.15) is 5.10 Å². The van der Waals surface area contributed by atoms with Gasteiger partial charge in [-0.05, 0) is 65.2 Å². The summed E-state index contributed by atoms with van der Waals surface area (Å²) in [7, 11) is 1.82. The number of hydrogen-bond donors (Lipinski definition) is 1. The zero-order valence-electron chi connectivity index (χ0n) is 27.4. The molecule has 1 saturated heterocycles. The van der Waals surface area contributed by atoms with E-state index in [-0.39, 0.29) is 23.7 Å². The van der Waals surface area contributed by atoms with Gasteiger partial charge in [0, 0.05) is 48.4 Å². The predicted molar refractivity (Wildman–Crippen MR) is 176 cm³/mol. The number of carbonyl (C=O) groups is 2. The summed E-state index contributed by atoms with van der Waals surface area (Å²) >= 11 is 1.58. The van der Waals surface area contributed by atoms with Crippen LogP contribution in [-0.4, -0.2) is 59.0 Å². The van der Waals surface area contributed by atoms with Crippen molar-refractivity contribution in [2.45, 2.75) is 71.1 Å². The van der Waals surface area contributed by atoms with Crippen LogP contribution in [0.5, 0.6) is 0 Å². The van der Waals surface area contributed by atoms with Crippen LogP contribution in [-0.2, 0) is 23.7 Å². The van der Waals surface area contributed by atoms with Crippen LogP contribution in [0, 0.1) is 6.92 Å². The molecule has 1 fully saturated rings. The highest BCUT2D eigenvalue weighted by atomic mass is 32.1. The maximum Gasteiger partial charge on any atom is 0.408 e. The molecule has 0 bridgehead atoms. The molecule has 2 amide bonds. The van der Waals surface area contributed by atoms with E-state index in [0.29, 0.717) is 29.9 Å². The number of rotatable bonds is 8. The van der Waals surface area contributed by atoms with Crippen LogP contribution >= 0.6 is 11.3 Å². The minimum absolute atomic E-state index is 0.0905. The number of thiazole rings is 1. The minimum atomic E-state index is -1.12. The molecule has 0 aliphatic carbocycles. The van der Waals surface area contributed by atoms with Crippen molar-refractivity contribution in [2.24, 2.45) is 7.05 Å². The van der Waals surface area contributed by atoms with Gasteiger partial charge in [0.25, 0.3) is 11.8 Å². The molecule has 1 aliphatic rings. The number of pyridine rings is 1. The van der Waals surface area contributed by atoms with Gasteiger partial charge in [0.1, 0.15) is 21.8 Å². The van der Waals surface area contributed by atoms with Crippen molar-refractivity contribution in [1.82, 2.24) is 40.2 Å². The molecule has 2 unspecified atom stereocenters. The van der Waals surface area contributed by atoms with E-state index in [9.17, 15) is 9.59 Å². The number of nitrogens with zero attached hydrogens (tertiary/aromatic N) is 7. The number of aryl methyl sites for hydroxylation is 2. The van der Waals surface area contributed by atoms with E-state index in [1.807, 2.05) is 67.7 Å². The van der Waals surface area contributed by atoms with Gasteiger partial charge < -0.3 is 19.4 Å². The third-order valence-electron chi connectivity index (χ3n) is 7.80. The van der Waals surface area contributed by atoms with Gasteiger partial charge in [0.2, 0.25) is 5.89 Å². The third-order valence-corrected chi connectivity index (χ3v) is 8.87. The second-order valence-electron chi connectivity index (χ2n) is 13.0. The standard InChI is InChI=1S/C34H38N8O4S/c1-21-20-47-29(36-21)27-13-10-14-42(27)30(43)23-15-25(24-18-35-41(6)19-24)37-26(16-23)28-39-40-31(45-28)34(5,17-22-11-8-7-9-12-22)38-32(44)46-33(2,3)4/h7-9,11-12,15-16,18-20,27H,10,13-14,17H2,1-6H3,(H,38,44). The molecule has 5 heterocycles. The van der Waals surface area contributed by atoms with Gasteiger partial charge in [-0.15, -0.1) is 21.5 Å². The minimum Gasteiger partial charge on any atom is -0.444 e. The molecule has 2 atom stereocenters. The monoisotopic (exact) mass is 654 g/mol. The van der Waals surface area contributed by atoms with E-state index < -0.39 is 17.2 Å². The van der Waals surface area contributed by atoms with E-state index in [1.54, 1.807) is 55.1 Å². The van der Waals surface area contributed by atoms with Crippen LogP contribution in [0.25, 0.3) is 22.8 Å². The molecule has 0 radical (unpaired) electrons. The van der Waals surface area contributed by atoms with E-state index in [0.717, 1.165) is 34.7 Å². The summed E-state index contributed by atoms with van der Waals surface area (Å²) in [5.74, 6) is 0.149. The van der Waals surface area contributed by atoms with Gasteiger partial charge >= 0.3 is 6.09 Å². The van der Waals surface area contributed by atoms with Gasteiger partial charge in [0.05, 0.1) is 17.9 Å². The normalized spacial score (nSPS) is 16.2. The first-order chi connectivity index (χ1) is 22.4. The average molecular weight is 655 g/mol. The quantitative estimate of drug-likeness (QED) is 0.205. The van der Waals surface area contributed by atoms with Gasteiger partial charge in [-0.25, -0.2) is 14.8 Å². The smallest absolute Gasteiger partial charge is 0.408 e. The maximum atomic E-state index is 14.1. The van der Waals surface area contributed by atoms with Crippen molar-refractivity contribution in [2.75, 3.05) is 6.54 Å². The second kappa shape index (κ2) is 12.7. The van der Waals surface area contributed by atoms with Crippen molar-refractivity contribution in [1.29, 1.82) is 0 Å². The van der Waals surface area contributed by atoms with Crippen molar-refractivity contribution >= 4 is 23.3 Å². The summed E-state index contributed by atoms with van der Waals surface area (Å²) in [6, 6.07) is 13.1. The Bertz CT molecular complexity index is 1890. The number of nitrogens with one attached hydrogen (secondary N) is 1. The van der Waals surface area contributed by atoms with E-state index in [4.69, 9.17) is 14.1 Å². The lowest BCUT2D eigenvalue weighted by Crippen LogP contribution is -2.47. The maximum absolute atomic E-state index is 14.1. The fourth-order valence-electron chi connectivity index (χ4n) is 5.68. The molecule has 13 heteroatoms. The summed E-state index contributed by atoms with van der Waals surface area (Å²) < 4.78 is 13.5. The first-order valence-electron chi connectivity index (χ1n) is 15.5. The van der Waals surface area contributed by atoms with E-state index in [1.165, 1.54) is 0 Å². The summed E-state index contributed by atoms with van der Waals surface area (Å²) in [6.07, 6.45) is 5.00. The van der Waals surface area contributed by atoms with Crippen LogP contribution in [0.4, 0.5) is 4.79 Å². The van der Waals surface area contributed by atoms with Gasteiger partial charge in [-0.3, -0.25) is 9.48 Å². The topological polar surface area (TPSA) is 141 Å². The lowest BCUT2D eigenvalue weighted by atomic mass is 9.92. The first-order valence-corrected chi connectivity index (χ1v) is 16.4. The molecular weight excluding hydrogens is 616 g/mol. The molecule has 244 valence electrons. The number of likely N-dealkylation sites (tertiary alicyclic amines) is 1. The lowest BCUT2D eigenvalue weighted by Gasteiger charge is -2.29. The van der Waals surface area contributed by atoms with Crippen LogP contribution in [0.1, 0.15) is 79.1 Å². The Balaban J connectivity index is 1.38. The molecule has 4 aromatic heterocycles. The van der Waals surface area contributed by atoms with Gasteiger partial charge in [0.15, 0.2) is 0 Å². The van der Waals surface area contributed by atoms with Crippen LogP contribution in [0.15, 0.2) is 64.7 Å². The molecule has 0 spiro atoms. The molecule has 1 aliphatic heterocycles. The van der Waals surface area contributed by atoms with E-state index in [2.05, 4.69) is 25.6 Å². The van der Waals surface area contributed by atoms with Gasteiger partial charge in [-0.1, -0.05) is 30.3 Å². The van der Waals surface area contributed by atoms with Crippen molar-refractivity contribution in [3.63, 3.8) is 0 Å². The summed E-state index contributed by atoms with van der Waals surface area (Å²) in [6.45, 7) is 9.80. The first kappa shape index (κ1) is 32.0. The highest BCUT2D eigenvalue weighted by Gasteiger charge is 2.37. The molecule has 1 N–H and O–H groups in total. The highest BCUT2D eigenvalue weighted by Crippen LogP contribution is 2.36. The molecule has 5 aromatic rings. The Morgan fingerprint density at radius 2 is 1.85 bits per heavy atom. The summed E-state index contributed by atoms with van der Waals surface area (Å²) in [5.41, 5.74) is 2.11. The summed E-state index contributed by atoms with van der Waals surface area (Å²) in [5, 5.41) is 18.9. The molecule has 0 saturated carbocycles. The van der Waals surface area contributed by atoms with Crippen molar-refractivity contribution in [3.8, 4) is 22.8 Å². The molecule has 1 aromatic carbocycles. The Labute approximate surface area is 277 Å². The number of benzene rings is 1. The number of ether oxygens (including phenoxy) is 1. The second-order valence-corrected chi connectivity index (χ2v) is 13.9. The Morgan fingerprint density at radius 1 is 1.09 bits per heavy atom. The number of alkyl carbamates (subject to hydrolysis) is 1. The Kier molecular flexibility index (Phi) is 8.66. The lowest BCUT2D eigenvalue weighted by molar-refractivity contribution is 0.0443.